The second-order valence-electron chi connectivity index (χ2n) is 8.40. The first-order valence-electron chi connectivity index (χ1n) is 10.5. The summed E-state index contributed by atoms with van der Waals surface area (Å²) >= 11 is 0. The van der Waals surface area contributed by atoms with E-state index in [1.807, 2.05) is 14.0 Å². The molecule has 2 aromatic rings. The molecule has 0 spiro atoms. The molecule has 0 radical (unpaired) electrons. The average Bonchev–Trinajstić information content (AvgIpc) is 2.88. The van der Waals surface area contributed by atoms with Crippen LogP contribution >= 0.6 is 0 Å². The maximum Gasteiger partial charge on any atom is 0.263 e. The Hall–Kier alpha value is -2.32. The first-order chi connectivity index (χ1) is 14.4. The molecule has 1 aromatic carbocycles. The number of aromatic nitrogens is 2. The molecular formula is C22H28F2N4O2. The Morgan fingerprint density at radius 3 is 2.60 bits per heavy atom. The van der Waals surface area contributed by atoms with Crippen molar-refractivity contribution in [3.05, 3.63) is 34.9 Å². The van der Waals surface area contributed by atoms with E-state index in [1.54, 1.807) is 0 Å². The van der Waals surface area contributed by atoms with E-state index in [1.165, 1.54) is 12.1 Å². The van der Waals surface area contributed by atoms with Crippen molar-refractivity contribution in [3.8, 4) is 17.0 Å². The molecule has 2 heterocycles. The summed E-state index contributed by atoms with van der Waals surface area (Å²) in [5.74, 6) is 0.543. The van der Waals surface area contributed by atoms with Crippen LogP contribution in [0.5, 0.6) is 5.75 Å². The first kappa shape index (κ1) is 20.9. The maximum atomic E-state index is 13.0. The Labute approximate surface area is 175 Å². The van der Waals surface area contributed by atoms with E-state index < -0.39 is 6.43 Å². The van der Waals surface area contributed by atoms with Gasteiger partial charge in [0.05, 0.1) is 12.1 Å². The molecule has 1 aliphatic carbocycles. The molecule has 0 saturated heterocycles. The van der Waals surface area contributed by atoms with Crippen molar-refractivity contribution in [3.63, 3.8) is 0 Å². The average molecular weight is 418 g/mol. The highest BCUT2D eigenvalue weighted by molar-refractivity contribution is 5.72. The fourth-order valence-electron chi connectivity index (χ4n) is 4.62. The lowest BCUT2D eigenvalue weighted by atomic mass is 9.91. The molecule has 1 saturated carbocycles. The summed E-state index contributed by atoms with van der Waals surface area (Å²) in [4.78, 5) is 4.39. The van der Waals surface area contributed by atoms with Crippen LogP contribution < -0.4 is 4.90 Å². The summed E-state index contributed by atoms with van der Waals surface area (Å²) in [7, 11) is 2.04. The van der Waals surface area contributed by atoms with Gasteiger partial charge in [0.2, 0.25) is 0 Å². The third-order valence-corrected chi connectivity index (χ3v) is 6.37. The number of fused-ring (bicyclic) bond motifs is 1. The number of likely N-dealkylation sites (N-methyl/N-ethyl adjacent to an activating group) is 1. The van der Waals surface area contributed by atoms with Crippen LogP contribution in [0.2, 0.25) is 0 Å². The molecule has 0 bridgehead atoms. The van der Waals surface area contributed by atoms with Crippen LogP contribution in [-0.4, -0.2) is 57.6 Å². The van der Waals surface area contributed by atoms with E-state index in [2.05, 4.69) is 20.0 Å². The van der Waals surface area contributed by atoms with Crippen LogP contribution in [0.25, 0.3) is 11.3 Å². The predicted molar refractivity (Wildman–Crippen MR) is 111 cm³/mol. The van der Waals surface area contributed by atoms with Crippen LogP contribution in [0.15, 0.2) is 18.2 Å². The Morgan fingerprint density at radius 2 is 1.90 bits per heavy atom. The van der Waals surface area contributed by atoms with Gasteiger partial charge in [0.25, 0.3) is 6.43 Å². The number of phenolic OH excluding ortho intramolecular Hbond substituents is 1. The molecule has 8 heteroatoms. The highest BCUT2D eigenvalue weighted by Gasteiger charge is 2.33. The number of hydrogen-bond donors (Lipinski definition) is 2. The van der Waals surface area contributed by atoms with Gasteiger partial charge in [0.1, 0.15) is 11.4 Å². The summed E-state index contributed by atoms with van der Waals surface area (Å²) in [6.45, 7) is 4.19. The molecule has 30 heavy (non-hydrogen) atoms. The van der Waals surface area contributed by atoms with Gasteiger partial charge >= 0.3 is 0 Å². The minimum atomic E-state index is -2.65. The van der Waals surface area contributed by atoms with Gasteiger partial charge in [-0.3, -0.25) is 0 Å². The number of anilines is 1. The molecule has 4 rings (SSSR count). The van der Waals surface area contributed by atoms with Crippen molar-refractivity contribution in [2.75, 3.05) is 25.0 Å². The van der Waals surface area contributed by atoms with Crippen LogP contribution in [0, 0.1) is 6.92 Å². The van der Waals surface area contributed by atoms with Gasteiger partial charge in [-0.05, 0) is 44.5 Å². The molecule has 2 atom stereocenters. The SMILES string of the molecule is Cc1c(-c2ccc(C(F)F)cc2O)nnc2c1CN(C)CCN2[C@@H]1CCCC[C@H]1O. The van der Waals surface area contributed by atoms with Gasteiger partial charge in [-0.15, -0.1) is 10.2 Å². The molecule has 1 aliphatic heterocycles. The van der Waals surface area contributed by atoms with Gasteiger partial charge in [-0.1, -0.05) is 18.9 Å². The molecule has 0 unspecified atom stereocenters. The number of aliphatic hydroxyl groups excluding tert-OH is 1. The highest BCUT2D eigenvalue weighted by Crippen LogP contribution is 2.38. The van der Waals surface area contributed by atoms with Crippen molar-refractivity contribution < 1.29 is 19.0 Å². The Bertz CT molecular complexity index is 924. The number of hydrogen-bond acceptors (Lipinski definition) is 6. The lowest BCUT2D eigenvalue weighted by Gasteiger charge is -2.38. The quantitative estimate of drug-likeness (QED) is 0.793. The Kier molecular flexibility index (Phi) is 5.88. The largest absolute Gasteiger partial charge is 0.507 e. The summed E-state index contributed by atoms with van der Waals surface area (Å²) in [5, 5.41) is 29.9. The molecule has 6 nitrogen and oxygen atoms in total. The third-order valence-electron chi connectivity index (χ3n) is 6.37. The van der Waals surface area contributed by atoms with Crippen LogP contribution in [0.1, 0.15) is 48.8 Å². The van der Waals surface area contributed by atoms with Crippen molar-refractivity contribution in [1.29, 1.82) is 0 Å². The Balaban J connectivity index is 1.77. The van der Waals surface area contributed by atoms with Gasteiger partial charge in [-0.25, -0.2) is 8.78 Å². The van der Waals surface area contributed by atoms with Crippen molar-refractivity contribution >= 4 is 5.82 Å². The first-order valence-corrected chi connectivity index (χ1v) is 10.5. The third kappa shape index (κ3) is 3.86. The fourth-order valence-corrected chi connectivity index (χ4v) is 4.62. The molecule has 2 aliphatic rings. The van der Waals surface area contributed by atoms with E-state index >= 15 is 0 Å². The minimum absolute atomic E-state index is 0.0160. The number of benzene rings is 1. The van der Waals surface area contributed by atoms with Crippen LogP contribution in [0.3, 0.4) is 0 Å². The van der Waals surface area contributed by atoms with Crippen LogP contribution in [-0.2, 0) is 6.54 Å². The minimum Gasteiger partial charge on any atom is -0.507 e. The molecular weight excluding hydrogens is 390 g/mol. The normalized spacial score (nSPS) is 22.8. The zero-order valence-corrected chi connectivity index (χ0v) is 17.4. The van der Waals surface area contributed by atoms with Gasteiger partial charge in [0.15, 0.2) is 5.82 Å². The van der Waals surface area contributed by atoms with E-state index in [-0.39, 0.29) is 23.5 Å². The van der Waals surface area contributed by atoms with E-state index in [0.29, 0.717) is 17.8 Å². The Morgan fingerprint density at radius 1 is 1.13 bits per heavy atom. The van der Waals surface area contributed by atoms with Crippen LogP contribution in [0.4, 0.5) is 14.6 Å². The number of aromatic hydroxyl groups is 1. The van der Waals surface area contributed by atoms with E-state index in [0.717, 1.165) is 61.8 Å². The number of halogens is 2. The van der Waals surface area contributed by atoms with Gasteiger partial charge in [-0.2, -0.15) is 0 Å². The zero-order valence-electron chi connectivity index (χ0n) is 17.4. The summed E-state index contributed by atoms with van der Waals surface area (Å²) in [6, 6.07) is 3.89. The van der Waals surface area contributed by atoms with Crippen molar-refractivity contribution in [2.24, 2.45) is 0 Å². The number of phenols is 1. The lowest BCUT2D eigenvalue weighted by molar-refractivity contribution is 0.103. The molecule has 1 fully saturated rings. The second kappa shape index (κ2) is 8.43. The standard InChI is InChI=1S/C22H28F2N4O2/c1-13-16-12-27(2)9-10-28(17-5-3-4-6-18(17)29)22(16)26-25-20(13)15-8-7-14(21(23)24)11-19(15)30/h7-8,11,17-18,21,29-30H,3-6,9-10,12H2,1-2H3/t17-,18-/m1/s1. The number of alkyl halides is 2. The summed E-state index contributed by atoms with van der Waals surface area (Å²) < 4.78 is 25.9. The topological polar surface area (TPSA) is 72.7 Å². The monoisotopic (exact) mass is 418 g/mol. The highest BCUT2D eigenvalue weighted by atomic mass is 19.3. The lowest BCUT2D eigenvalue weighted by Crippen LogP contribution is -2.47. The van der Waals surface area contributed by atoms with E-state index in [4.69, 9.17) is 0 Å². The second-order valence-corrected chi connectivity index (χ2v) is 8.40. The fraction of sp³-hybridized carbons (Fsp3) is 0.545. The van der Waals surface area contributed by atoms with Crippen molar-refractivity contribution in [2.45, 2.75) is 57.7 Å². The van der Waals surface area contributed by atoms with Crippen molar-refractivity contribution in [1.82, 2.24) is 15.1 Å². The summed E-state index contributed by atoms with van der Waals surface area (Å²) in [6.07, 6.45) is 0.800. The molecule has 2 N–H and O–H groups in total. The smallest absolute Gasteiger partial charge is 0.263 e. The van der Waals surface area contributed by atoms with Gasteiger partial charge in [0, 0.05) is 36.3 Å². The van der Waals surface area contributed by atoms with E-state index in [9.17, 15) is 19.0 Å². The zero-order chi connectivity index (χ0) is 21.4. The molecule has 162 valence electrons. The maximum absolute atomic E-state index is 13.0. The number of rotatable bonds is 3. The van der Waals surface area contributed by atoms with Gasteiger partial charge < -0.3 is 20.0 Å². The number of nitrogens with zero attached hydrogens (tertiary/aromatic N) is 4. The number of aliphatic hydroxyl groups is 1. The predicted octanol–water partition coefficient (Wildman–Crippen LogP) is 3.65. The molecule has 0 amide bonds. The molecule has 1 aromatic heterocycles. The summed E-state index contributed by atoms with van der Waals surface area (Å²) in [5.41, 5.74) is 2.52.